The van der Waals surface area contributed by atoms with Gasteiger partial charge in [-0.15, -0.1) is 0 Å². The van der Waals surface area contributed by atoms with Crippen molar-refractivity contribution in [3.63, 3.8) is 0 Å². The molecule has 2 rings (SSSR count). The number of hydrogen-bond acceptors (Lipinski definition) is 2. The number of unbranched alkanes of at least 4 members (excludes halogenated alkanes) is 1. The highest BCUT2D eigenvalue weighted by Gasteiger charge is 2.18. The Hall–Kier alpha value is -1.69. The molecular formula is C20H28N2O2S. The molecule has 0 amide bonds. The quantitative estimate of drug-likeness (QED) is 0.701. The molecule has 0 aliphatic rings. The van der Waals surface area contributed by atoms with Gasteiger partial charge in [0.15, 0.2) is 0 Å². The number of nitrogens with one attached hydrogen (secondary N) is 1. The van der Waals surface area contributed by atoms with Gasteiger partial charge in [-0.2, -0.15) is 12.7 Å². The van der Waals surface area contributed by atoms with Crippen LogP contribution in [-0.4, -0.2) is 32.9 Å². The van der Waals surface area contributed by atoms with Crippen LogP contribution >= 0.6 is 0 Å². The van der Waals surface area contributed by atoms with Crippen LogP contribution in [0.1, 0.15) is 43.2 Å². The van der Waals surface area contributed by atoms with E-state index < -0.39 is 10.2 Å². The molecule has 0 aliphatic carbocycles. The highest BCUT2D eigenvalue weighted by Crippen LogP contribution is 2.27. The molecule has 0 saturated carbocycles. The van der Waals surface area contributed by atoms with E-state index in [2.05, 4.69) is 35.9 Å². The Labute approximate surface area is 152 Å². The summed E-state index contributed by atoms with van der Waals surface area (Å²) in [4.78, 5) is 0. The van der Waals surface area contributed by atoms with Crippen LogP contribution in [0, 0.1) is 0 Å². The fraction of sp³-hybridized carbons (Fsp3) is 0.400. The zero-order valence-corrected chi connectivity index (χ0v) is 15.9. The van der Waals surface area contributed by atoms with Crippen LogP contribution in [0.5, 0.6) is 0 Å². The zero-order chi connectivity index (χ0) is 18.1. The summed E-state index contributed by atoms with van der Waals surface area (Å²) in [6.45, 7) is 3.01. The van der Waals surface area contributed by atoms with Crippen molar-refractivity contribution in [1.29, 1.82) is 0 Å². The van der Waals surface area contributed by atoms with E-state index in [4.69, 9.17) is 0 Å². The third-order valence-corrected chi connectivity index (χ3v) is 5.93. The van der Waals surface area contributed by atoms with Crippen LogP contribution < -0.4 is 4.72 Å². The van der Waals surface area contributed by atoms with Crippen molar-refractivity contribution in [3.8, 4) is 0 Å². The minimum Gasteiger partial charge on any atom is -0.202 e. The van der Waals surface area contributed by atoms with Crippen LogP contribution in [0.2, 0.25) is 0 Å². The number of nitrogens with zero attached hydrogens (tertiary/aromatic N) is 1. The molecule has 0 aromatic heterocycles. The molecule has 0 unspecified atom stereocenters. The Morgan fingerprint density at radius 2 is 1.48 bits per heavy atom. The number of benzene rings is 2. The van der Waals surface area contributed by atoms with Gasteiger partial charge < -0.3 is 0 Å². The fourth-order valence-corrected chi connectivity index (χ4v) is 3.81. The summed E-state index contributed by atoms with van der Waals surface area (Å²) in [6, 6.07) is 20.5. The molecule has 0 bridgehead atoms. The molecular weight excluding hydrogens is 332 g/mol. The van der Waals surface area contributed by atoms with Gasteiger partial charge in [-0.25, -0.2) is 4.72 Å². The second-order valence-electron chi connectivity index (χ2n) is 6.24. The lowest BCUT2D eigenvalue weighted by atomic mass is 9.89. The molecule has 0 spiro atoms. The number of hydrogen-bond donors (Lipinski definition) is 1. The van der Waals surface area contributed by atoms with E-state index in [-0.39, 0.29) is 5.92 Å². The second kappa shape index (κ2) is 9.70. The lowest BCUT2D eigenvalue weighted by Gasteiger charge is -2.21. The van der Waals surface area contributed by atoms with E-state index in [0.29, 0.717) is 13.1 Å². The van der Waals surface area contributed by atoms with E-state index in [1.54, 1.807) is 7.05 Å². The van der Waals surface area contributed by atoms with Crippen LogP contribution in [0.15, 0.2) is 60.7 Å². The highest BCUT2D eigenvalue weighted by molar-refractivity contribution is 7.87. The molecule has 1 N–H and O–H groups in total. The normalized spacial score (nSPS) is 12.0. The summed E-state index contributed by atoms with van der Waals surface area (Å²) < 4.78 is 28.7. The van der Waals surface area contributed by atoms with E-state index in [9.17, 15) is 8.42 Å². The summed E-state index contributed by atoms with van der Waals surface area (Å²) in [5.41, 5.74) is 2.40. The van der Waals surface area contributed by atoms with Crippen molar-refractivity contribution in [3.05, 3.63) is 71.8 Å². The van der Waals surface area contributed by atoms with Gasteiger partial charge in [0.2, 0.25) is 0 Å². The molecule has 2 aromatic rings. The summed E-state index contributed by atoms with van der Waals surface area (Å²) in [5.74, 6) is 0.172. The maximum atomic E-state index is 12.3. The Kier molecular flexibility index (Phi) is 7.62. The first kappa shape index (κ1) is 19.6. The standard InChI is InChI=1S/C20H28N2O2S/c1-3-4-17-22(2)25(23,24)21-16-15-20(18-11-7-5-8-12-18)19-13-9-6-10-14-19/h5-14,20-21H,3-4,15-17H2,1-2H3. The van der Waals surface area contributed by atoms with E-state index in [1.165, 1.54) is 15.4 Å². The largest absolute Gasteiger partial charge is 0.279 e. The van der Waals surface area contributed by atoms with Crippen LogP contribution in [0.4, 0.5) is 0 Å². The van der Waals surface area contributed by atoms with Crippen LogP contribution in [-0.2, 0) is 10.2 Å². The Balaban J connectivity index is 2.04. The highest BCUT2D eigenvalue weighted by atomic mass is 32.2. The molecule has 136 valence electrons. The summed E-state index contributed by atoms with van der Waals surface area (Å²) in [7, 11) is -1.78. The maximum Gasteiger partial charge on any atom is 0.279 e. The zero-order valence-electron chi connectivity index (χ0n) is 15.1. The molecule has 5 heteroatoms. The first-order valence-electron chi connectivity index (χ1n) is 8.85. The molecule has 25 heavy (non-hydrogen) atoms. The van der Waals surface area contributed by atoms with Crippen molar-refractivity contribution in [1.82, 2.24) is 9.03 Å². The van der Waals surface area contributed by atoms with E-state index in [0.717, 1.165) is 19.3 Å². The van der Waals surface area contributed by atoms with Crippen LogP contribution in [0.3, 0.4) is 0 Å². The number of rotatable bonds is 10. The molecule has 4 nitrogen and oxygen atoms in total. The third kappa shape index (κ3) is 5.96. The minimum atomic E-state index is -3.41. The summed E-state index contributed by atoms with van der Waals surface area (Å²) in [6.07, 6.45) is 2.56. The van der Waals surface area contributed by atoms with Gasteiger partial charge in [0.25, 0.3) is 10.2 Å². The van der Waals surface area contributed by atoms with E-state index in [1.807, 2.05) is 36.4 Å². The molecule has 0 radical (unpaired) electrons. The predicted molar refractivity (Wildman–Crippen MR) is 104 cm³/mol. The average Bonchev–Trinajstić information content (AvgIpc) is 2.64. The van der Waals surface area contributed by atoms with E-state index >= 15 is 0 Å². The van der Waals surface area contributed by atoms with Crippen molar-refractivity contribution in [2.24, 2.45) is 0 Å². The Morgan fingerprint density at radius 3 is 1.96 bits per heavy atom. The van der Waals surface area contributed by atoms with Crippen molar-refractivity contribution >= 4 is 10.2 Å². The fourth-order valence-electron chi connectivity index (χ4n) is 2.84. The summed E-state index contributed by atoms with van der Waals surface area (Å²) in [5, 5.41) is 0. The SMILES string of the molecule is CCCCN(C)S(=O)(=O)NCCC(c1ccccc1)c1ccccc1. The van der Waals surface area contributed by atoms with Crippen molar-refractivity contribution < 1.29 is 8.42 Å². The average molecular weight is 361 g/mol. The molecule has 0 fully saturated rings. The maximum absolute atomic E-state index is 12.3. The lowest BCUT2D eigenvalue weighted by Crippen LogP contribution is -2.39. The predicted octanol–water partition coefficient (Wildman–Crippen LogP) is 3.77. The van der Waals surface area contributed by atoms with Gasteiger partial charge in [-0.05, 0) is 24.0 Å². The van der Waals surface area contributed by atoms with Crippen LogP contribution in [0.25, 0.3) is 0 Å². The van der Waals surface area contributed by atoms with Gasteiger partial charge in [-0.3, -0.25) is 0 Å². The van der Waals surface area contributed by atoms with Crippen molar-refractivity contribution in [2.45, 2.75) is 32.1 Å². The van der Waals surface area contributed by atoms with Gasteiger partial charge in [0, 0.05) is 26.1 Å². The van der Waals surface area contributed by atoms with Gasteiger partial charge in [-0.1, -0.05) is 74.0 Å². The molecule has 2 aromatic carbocycles. The summed E-state index contributed by atoms with van der Waals surface area (Å²) >= 11 is 0. The third-order valence-electron chi connectivity index (χ3n) is 4.36. The van der Waals surface area contributed by atoms with Gasteiger partial charge >= 0.3 is 0 Å². The first-order valence-corrected chi connectivity index (χ1v) is 10.3. The molecule has 0 heterocycles. The second-order valence-corrected chi connectivity index (χ2v) is 8.10. The first-order chi connectivity index (χ1) is 12.0. The Bertz CT molecular complexity index is 678. The molecule has 0 aliphatic heterocycles. The smallest absolute Gasteiger partial charge is 0.202 e. The van der Waals surface area contributed by atoms with Crippen molar-refractivity contribution in [2.75, 3.05) is 20.1 Å². The Morgan fingerprint density at radius 1 is 0.960 bits per heavy atom. The van der Waals surface area contributed by atoms with Gasteiger partial charge in [0.1, 0.15) is 0 Å². The monoisotopic (exact) mass is 360 g/mol. The lowest BCUT2D eigenvalue weighted by molar-refractivity contribution is 0.447. The topological polar surface area (TPSA) is 49.4 Å². The molecule has 0 atom stereocenters. The molecule has 0 saturated heterocycles. The minimum absolute atomic E-state index is 0.172. The van der Waals surface area contributed by atoms with Gasteiger partial charge in [0.05, 0.1) is 0 Å².